The Morgan fingerprint density at radius 2 is 2.10 bits per heavy atom. The van der Waals surface area contributed by atoms with Gasteiger partial charge in [-0.25, -0.2) is 0 Å². The minimum atomic E-state index is -4.37. The molecule has 1 rings (SSSR count). The van der Waals surface area contributed by atoms with Gasteiger partial charge >= 0.3 is 6.18 Å². The molecule has 0 aliphatic heterocycles. The highest BCUT2D eigenvalue weighted by molar-refractivity contribution is 5.90. The van der Waals surface area contributed by atoms with Gasteiger partial charge in [-0.3, -0.25) is 4.79 Å². The molecule has 0 saturated carbocycles. The number of carbonyl (C=O) groups is 1. The summed E-state index contributed by atoms with van der Waals surface area (Å²) >= 11 is 0. The maximum Gasteiger partial charge on any atom is 0.411 e. The summed E-state index contributed by atoms with van der Waals surface area (Å²) < 4.78 is 39.9. The molecule has 0 spiro atoms. The van der Waals surface area contributed by atoms with Crippen LogP contribution in [0.4, 0.5) is 18.9 Å². The van der Waals surface area contributed by atoms with E-state index in [2.05, 4.69) is 10.1 Å². The Kier molecular flexibility index (Phi) is 7.18. The van der Waals surface area contributed by atoms with E-state index in [4.69, 9.17) is 5.73 Å². The highest BCUT2D eigenvalue weighted by Crippen LogP contribution is 2.15. The number of rotatable bonds is 8. The van der Waals surface area contributed by atoms with Crippen molar-refractivity contribution in [1.82, 2.24) is 0 Å². The average molecular weight is 304 g/mol. The van der Waals surface area contributed by atoms with Gasteiger partial charge in [0.15, 0.2) is 0 Å². The average Bonchev–Trinajstić information content (AvgIpc) is 2.41. The van der Waals surface area contributed by atoms with Gasteiger partial charge < -0.3 is 15.8 Å². The number of ether oxygens (including phenoxy) is 1. The van der Waals surface area contributed by atoms with Crippen molar-refractivity contribution in [3.8, 4) is 0 Å². The molecule has 21 heavy (non-hydrogen) atoms. The van der Waals surface area contributed by atoms with Gasteiger partial charge in [0, 0.05) is 5.69 Å². The SMILES string of the molecule is NCCCc1cccc(NC(=O)CCOCC(F)(F)F)c1. The van der Waals surface area contributed by atoms with Crippen LogP contribution in [0.5, 0.6) is 0 Å². The largest absolute Gasteiger partial charge is 0.411 e. The van der Waals surface area contributed by atoms with Crippen molar-refractivity contribution in [3.63, 3.8) is 0 Å². The van der Waals surface area contributed by atoms with Crippen LogP contribution in [0.15, 0.2) is 24.3 Å². The zero-order valence-electron chi connectivity index (χ0n) is 11.6. The van der Waals surface area contributed by atoms with Crippen LogP contribution in [0.3, 0.4) is 0 Å². The third kappa shape index (κ3) is 8.31. The molecule has 0 bridgehead atoms. The van der Waals surface area contributed by atoms with E-state index < -0.39 is 12.8 Å². The first-order valence-corrected chi connectivity index (χ1v) is 6.64. The zero-order chi connectivity index (χ0) is 15.7. The number of hydrogen-bond donors (Lipinski definition) is 2. The van der Waals surface area contributed by atoms with E-state index in [9.17, 15) is 18.0 Å². The third-order valence-electron chi connectivity index (χ3n) is 2.62. The molecule has 1 aromatic rings. The summed E-state index contributed by atoms with van der Waals surface area (Å²) in [6.07, 6.45) is -2.82. The van der Waals surface area contributed by atoms with E-state index in [1.54, 1.807) is 6.07 Å². The standard InChI is InChI=1S/C14H19F3N2O2/c15-14(16,17)10-21-8-6-13(20)19-12-5-1-3-11(9-12)4-2-7-18/h1,3,5,9H,2,4,6-8,10,18H2,(H,19,20). The number of nitrogens with two attached hydrogens (primary N) is 1. The summed E-state index contributed by atoms with van der Waals surface area (Å²) in [5.41, 5.74) is 7.09. The number of hydrogen-bond acceptors (Lipinski definition) is 3. The van der Waals surface area contributed by atoms with Crippen molar-refractivity contribution < 1.29 is 22.7 Å². The van der Waals surface area contributed by atoms with E-state index in [0.717, 1.165) is 18.4 Å². The molecular formula is C14H19F3N2O2. The van der Waals surface area contributed by atoms with Crippen LogP contribution in [0.1, 0.15) is 18.4 Å². The van der Waals surface area contributed by atoms with Gasteiger partial charge in [0.1, 0.15) is 6.61 Å². The summed E-state index contributed by atoms with van der Waals surface area (Å²) in [4.78, 5) is 11.6. The second kappa shape index (κ2) is 8.63. The number of carbonyl (C=O) groups excluding carboxylic acids is 1. The van der Waals surface area contributed by atoms with Crippen molar-refractivity contribution in [2.45, 2.75) is 25.4 Å². The molecule has 7 heteroatoms. The third-order valence-corrected chi connectivity index (χ3v) is 2.62. The fourth-order valence-electron chi connectivity index (χ4n) is 1.69. The Labute approximate surface area is 121 Å². The number of benzene rings is 1. The summed E-state index contributed by atoms with van der Waals surface area (Å²) in [6.45, 7) is -1.01. The smallest absolute Gasteiger partial charge is 0.372 e. The van der Waals surface area contributed by atoms with Gasteiger partial charge in [-0.05, 0) is 37.1 Å². The predicted molar refractivity (Wildman–Crippen MR) is 73.9 cm³/mol. The fraction of sp³-hybridized carbons (Fsp3) is 0.500. The predicted octanol–water partition coefficient (Wildman–Crippen LogP) is 2.49. The van der Waals surface area contributed by atoms with E-state index in [1.165, 1.54) is 0 Å². The van der Waals surface area contributed by atoms with Crippen molar-refractivity contribution in [2.75, 3.05) is 25.1 Å². The van der Waals surface area contributed by atoms with Gasteiger partial charge in [-0.2, -0.15) is 13.2 Å². The summed E-state index contributed by atoms with van der Waals surface area (Å²) in [6, 6.07) is 7.28. The topological polar surface area (TPSA) is 64.3 Å². The lowest BCUT2D eigenvalue weighted by Crippen LogP contribution is -2.20. The lowest BCUT2D eigenvalue weighted by Gasteiger charge is -2.09. The van der Waals surface area contributed by atoms with Crippen LogP contribution in [-0.4, -0.2) is 31.8 Å². The van der Waals surface area contributed by atoms with Gasteiger partial charge in [-0.15, -0.1) is 0 Å². The molecule has 118 valence electrons. The molecule has 1 aromatic carbocycles. The van der Waals surface area contributed by atoms with Gasteiger partial charge in [0.25, 0.3) is 0 Å². The molecule has 4 nitrogen and oxygen atoms in total. The summed E-state index contributed by atoms with van der Waals surface area (Å²) in [7, 11) is 0. The molecule has 0 aliphatic rings. The first-order chi connectivity index (χ1) is 9.90. The van der Waals surface area contributed by atoms with Gasteiger partial charge in [-0.1, -0.05) is 12.1 Å². The maximum atomic E-state index is 11.8. The molecule has 0 saturated heterocycles. The molecule has 0 atom stereocenters. The molecule has 0 unspecified atom stereocenters. The van der Waals surface area contributed by atoms with E-state index in [-0.39, 0.29) is 18.9 Å². The van der Waals surface area contributed by atoms with Crippen LogP contribution in [0.25, 0.3) is 0 Å². The van der Waals surface area contributed by atoms with Crippen molar-refractivity contribution in [3.05, 3.63) is 29.8 Å². The first kappa shape index (κ1) is 17.5. The lowest BCUT2D eigenvalue weighted by atomic mass is 10.1. The number of halogens is 3. The minimum Gasteiger partial charge on any atom is -0.372 e. The van der Waals surface area contributed by atoms with Crippen LogP contribution in [0.2, 0.25) is 0 Å². The van der Waals surface area contributed by atoms with E-state index >= 15 is 0 Å². The van der Waals surface area contributed by atoms with E-state index in [0.29, 0.717) is 12.2 Å². The number of amides is 1. The number of nitrogens with one attached hydrogen (secondary N) is 1. The van der Waals surface area contributed by atoms with Crippen LogP contribution in [-0.2, 0) is 16.0 Å². The molecule has 0 radical (unpaired) electrons. The zero-order valence-corrected chi connectivity index (χ0v) is 11.6. The molecule has 0 heterocycles. The Hall–Kier alpha value is -1.60. The summed E-state index contributed by atoms with van der Waals surface area (Å²) in [5, 5.41) is 2.62. The highest BCUT2D eigenvalue weighted by atomic mass is 19.4. The number of anilines is 1. The van der Waals surface area contributed by atoms with Crippen LogP contribution >= 0.6 is 0 Å². The summed E-state index contributed by atoms with van der Waals surface area (Å²) in [5.74, 6) is -0.381. The number of aryl methyl sites for hydroxylation is 1. The van der Waals surface area contributed by atoms with E-state index in [1.807, 2.05) is 18.2 Å². The number of alkyl halides is 3. The molecule has 0 fully saturated rings. The van der Waals surface area contributed by atoms with Crippen LogP contribution in [0, 0.1) is 0 Å². The Balaban J connectivity index is 2.34. The second-order valence-electron chi connectivity index (χ2n) is 4.56. The normalized spacial score (nSPS) is 11.4. The highest BCUT2D eigenvalue weighted by Gasteiger charge is 2.27. The second-order valence-corrected chi connectivity index (χ2v) is 4.56. The van der Waals surface area contributed by atoms with Gasteiger partial charge in [0.2, 0.25) is 5.91 Å². The maximum absolute atomic E-state index is 11.8. The monoisotopic (exact) mass is 304 g/mol. The Bertz CT molecular complexity index is 450. The molecular weight excluding hydrogens is 285 g/mol. The quantitative estimate of drug-likeness (QED) is 0.725. The molecule has 0 aromatic heterocycles. The van der Waals surface area contributed by atoms with Crippen molar-refractivity contribution >= 4 is 11.6 Å². The van der Waals surface area contributed by atoms with Gasteiger partial charge in [0.05, 0.1) is 13.0 Å². The van der Waals surface area contributed by atoms with Crippen molar-refractivity contribution in [1.29, 1.82) is 0 Å². The van der Waals surface area contributed by atoms with Crippen molar-refractivity contribution in [2.24, 2.45) is 5.73 Å². The Morgan fingerprint density at radius 3 is 2.76 bits per heavy atom. The first-order valence-electron chi connectivity index (χ1n) is 6.64. The lowest BCUT2D eigenvalue weighted by molar-refractivity contribution is -0.174. The fourth-order valence-corrected chi connectivity index (χ4v) is 1.69. The van der Waals surface area contributed by atoms with Crippen LogP contribution < -0.4 is 11.1 Å². The minimum absolute atomic E-state index is 0.122. The molecule has 0 aliphatic carbocycles. The Morgan fingerprint density at radius 1 is 1.33 bits per heavy atom. The molecule has 3 N–H and O–H groups in total. The molecule has 1 amide bonds.